The Balaban J connectivity index is 2.62. The predicted octanol–water partition coefficient (Wildman–Crippen LogP) is -0.706. The molecule has 0 rings (SSSR count). The van der Waals surface area contributed by atoms with E-state index in [2.05, 4.69) is 15.9 Å². The van der Waals surface area contributed by atoms with Crippen molar-refractivity contribution in [2.75, 3.05) is 0 Å². The molecule has 0 saturated heterocycles. The van der Waals surface area contributed by atoms with E-state index in [4.69, 9.17) is 5.21 Å². The molecule has 0 heterocycles. The maximum Gasteiger partial charge on any atom is 0.237 e. The predicted molar refractivity (Wildman–Crippen MR) is 15.6 cm³/mol. The topological polar surface area (TPSA) is 67.8 Å². The van der Waals surface area contributed by atoms with Crippen molar-refractivity contribution in [1.29, 1.82) is 0 Å². The molecule has 4 heteroatoms. The van der Waals surface area contributed by atoms with Crippen LogP contribution in [0.15, 0.2) is 5.16 Å². The van der Waals surface area contributed by atoms with Crippen LogP contribution < -0.4 is 5.90 Å². The number of hydrogen-bond donors (Lipinski definition) is 2. The number of hydrogen-bond acceptors (Lipinski definition) is 4. The lowest BCUT2D eigenvalue weighted by Gasteiger charge is -1.73. The molecule has 0 aliphatic heterocycles. The number of oxime groups is 1. The van der Waals surface area contributed by atoms with Crippen LogP contribution in [0.1, 0.15) is 0 Å². The highest BCUT2D eigenvalue weighted by Crippen LogP contribution is 1.42. The molecule has 0 fully saturated rings. The summed E-state index contributed by atoms with van der Waals surface area (Å²) in [5.41, 5.74) is 0. The van der Waals surface area contributed by atoms with Crippen LogP contribution in [0.4, 0.5) is 0 Å². The molecule has 0 aliphatic rings. The molecule has 30 valence electrons. The van der Waals surface area contributed by atoms with E-state index in [9.17, 15) is 0 Å². The van der Waals surface area contributed by atoms with Gasteiger partial charge in [0.1, 0.15) is 0 Å². The minimum absolute atomic E-state index is 0.708. The van der Waals surface area contributed by atoms with E-state index in [0.717, 1.165) is 0 Å². The van der Waals surface area contributed by atoms with Gasteiger partial charge in [-0.15, -0.1) is 0 Å². The maximum atomic E-state index is 7.43. The van der Waals surface area contributed by atoms with Gasteiger partial charge in [-0.25, -0.2) is 0 Å². The molecule has 0 saturated carbocycles. The second-order valence-electron chi connectivity index (χ2n) is 0.357. The van der Waals surface area contributed by atoms with Crippen LogP contribution >= 0.6 is 0 Å². The van der Waals surface area contributed by atoms with E-state index in [0.29, 0.717) is 6.40 Å². The Kier molecular flexibility index (Phi) is 2.73. The molecular formula is CH4N2O2. The average molecular weight is 76.1 g/mol. The molecule has 0 aromatic rings. The van der Waals surface area contributed by atoms with E-state index in [1.165, 1.54) is 0 Å². The van der Waals surface area contributed by atoms with Gasteiger partial charge in [0, 0.05) is 0 Å². The highest BCUT2D eigenvalue weighted by atomic mass is 16.6. The molecule has 0 aromatic carbocycles. The summed E-state index contributed by atoms with van der Waals surface area (Å²) in [5.74, 6) is 4.33. The summed E-state index contributed by atoms with van der Waals surface area (Å²) in [7, 11) is 0. The van der Waals surface area contributed by atoms with Crippen LogP contribution in [-0.4, -0.2) is 11.6 Å². The van der Waals surface area contributed by atoms with Crippen molar-refractivity contribution >= 4 is 6.40 Å². The van der Waals surface area contributed by atoms with Crippen LogP contribution in [0.5, 0.6) is 0 Å². The van der Waals surface area contributed by atoms with E-state index in [1.807, 2.05) is 0 Å². The number of nitrogens with two attached hydrogens (primary N) is 1. The summed E-state index contributed by atoms with van der Waals surface area (Å²) < 4.78 is 0. The van der Waals surface area contributed by atoms with Gasteiger partial charge >= 0.3 is 0 Å². The Morgan fingerprint density at radius 1 is 2.00 bits per heavy atom. The fraction of sp³-hybridized carbons (Fsp3) is 0. The summed E-state index contributed by atoms with van der Waals surface area (Å²) in [6, 6.07) is 0. The van der Waals surface area contributed by atoms with E-state index < -0.39 is 0 Å². The zero-order chi connectivity index (χ0) is 4.12. The van der Waals surface area contributed by atoms with Gasteiger partial charge in [0.15, 0.2) is 0 Å². The molecule has 0 radical (unpaired) electrons. The van der Waals surface area contributed by atoms with Crippen molar-refractivity contribution in [3.8, 4) is 0 Å². The van der Waals surface area contributed by atoms with Gasteiger partial charge in [-0.05, 0) is 0 Å². The summed E-state index contributed by atoms with van der Waals surface area (Å²) >= 11 is 0. The highest BCUT2D eigenvalue weighted by molar-refractivity contribution is 5.43. The molecule has 0 atom stereocenters. The van der Waals surface area contributed by atoms with E-state index in [-0.39, 0.29) is 0 Å². The quantitative estimate of drug-likeness (QED) is 0.188. The van der Waals surface area contributed by atoms with Gasteiger partial charge in [-0.1, -0.05) is 5.16 Å². The Labute approximate surface area is 28.8 Å². The third-order valence-electron chi connectivity index (χ3n) is 0.108. The molecule has 3 N–H and O–H groups in total. The van der Waals surface area contributed by atoms with Crippen LogP contribution in [0.3, 0.4) is 0 Å². The summed E-state index contributed by atoms with van der Waals surface area (Å²) in [5, 5.41) is 9.81. The zero-order valence-corrected chi connectivity index (χ0v) is 2.46. The van der Waals surface area contributed by atoms with Gasteiger partial charge in [0.2, 0.25) is 6.40 Å². The van der Waals surface area contributed by atoms with Gasteiger partial charge < -0.3 is 10.0 Å². The second kappa shape index (κ2) is 3.23. The van der Waals surface area contributed by atoms with Gasteiger partial charge in [-0.2, -0.15) is 5.90 Å². The molecule has 4 nitrogen and oxygen atoms in total. The Bertz CT molecular complexity index is 34.6. The molecule has 0 bridgehead atoms. The molecular weight excluding hydrogens is 72.0 g/mol. The normalized spacial score (nSPS) is 9.00. The first kappa shape index (κ1) is 4.23. The third kappa shape index (κ3) is 3.23. The minimum Gasteiger partial charge on any atom is -0.408 e. The van der Waals surface area contributed by atoms with Gasteiger partial charge in [0.25, 0.3) is 0 Å². The molecule has 0 spiro atoms. The molecule has 0 amide bonds. The standard InChI is InChI=1S/CH4N2O2/c2-5-1-3-4/h1,4H,2H2/b3-1+. The van der Waals surface area contributed by atoms with Crippen LogP contribution in [0.25, 0.3) is 0 Å². The first-order valence-corrected chi connectivity index (χ1v) is 0.930. The Morgan fingerprint density at radius 3 is 2.60 bits per heavy atom. The van der Waals surface area contributed by atoms with Crippen molar-refractivity contribution in [2.24, 2.45) is 11.1 Å². The Hall–Kier alpha value is -0.770. The van der Waals surface area contributed by atoms with Crippen LogP contribution in [0, 0.1) is 0 Å². The van der Waals surface area contributed by atoms with Crippen LogP contribution in [-0.2, 0) is 4.84 Å². The Morgan fingerprint density at radius 2 is 2.60 bits per heavy atom. The number of nitrogens with zero attached hydrogens (tertiary/aromatic N) is 1. The van der Waals surface area contributed by atoms with Crippen molar-refractivity contribution in [3.63, 3.8) is 0 Å². The summed E-state index contributed by atoms with van der Waals surface area (Å²) in [6.07, 6.45) is 0.708. The molecule has 0 aliphatic carbocycles. The first-order valence-electron chi connectivity index (χ1n) is 0.930. The summed E-state index contributed by atoms with van der Waals surface area (Å²) in [6.45, 7) is 0. The van der Waals surface area contributed by atoms with Crippen molar-refractivity contribution in [3.05, 3.63) is 0 Å². The van der Waals surface area contributed by atoms with Gasteiger partial charge in [0.05, 0.1) is 0 Å². The van der Waals surface area contributed by atoms with Crippen LogP contribution in [0.2, 0.25) is 0 Å². The summed E-state index contributed by atoms with van der Waals surface area (Å²) in [4.78, 5) is 3.65. The number of rotatable bonds is 1. The smallest absolute Gasteiger partial charge is 0.237 e. The minimum atomic E-state index is 0.708. The molecule has 0 unspecified atom stereocenters. The van der Waals surface area contributed by atoms with E-state index in [1.54, 1.807) is 0 Å². The largest absolute Gasteiger partial charge is 0.408 e. The second-order valence-corrected chi connectivity index (χ2v) is 0.357. The molecule has 5 heavy (non-hydrogen) atoms. The van der Waals surface area contributed by atoms with E-state index >= 15 is 0 Å². The van der Waals surface area contributed by atoms with Crippen molar-refractivity contribution in [2.45, 2.75) is 0 Å². The SMILES string of the molecule is NO/C=N/O. The third-order valence-corrected chi connectivity index (χ3v) is 0.108. The zero-order valence-electron chi connectivity index (χ0n) is 2.46. The fourth-order valence-corrected chi connectivity index (χ4v) is 0.0272. The highest BCUT2D eigenvalue weighted by Gasteiger charge is 1.50. The lowest BCUT2D eigenvalue weighted by Crippen LogP contribution is -1.93. The maximum absolute atomic E-state index is 7.43. The monoisotopic (exact) mass is 76.0 g/mol. The lowest BCUT2D eigenvalue weighted by molar-refractivity contribution is 0.274. The molecule has 0 aromatic heterocycles. The first-order chi connectivity index (χ1) is 2.41. The van der Waals surface area contributed by atoms with Crippen molar-refractivity contribution in [1.82, 2.24) is 0 Å². The van der Waals surface area contributed by atoms with Crippen molar-refractivity contribution < 1.29 is 10.0 Å². The lowest BCUT2D eigenvalue weighted by atomic mass is 11.5. The van der Waals surface area contributed by atoms with Gasteiger partial charge in [-0.3, -0.25) is 0 Å². The fourth-order valence-electron chi connectivity index (χ4n) is 0.0272. The average Bonchev–Trinajstić information content (AvgIpc) is 1.41.